The van der Waals surface area contributed by atoms with Gasteiger partial charge in [-0.1, -0.05) is 18.0 Å². The van der Waals surface area contributed by atoms with Crippen molar-refractivity contribution < 1.29 is 8.42 Å². The third-order valence-electron chi connectivity index (χ3n) is 5.26. The molecule has 134 valence electrons. The fourth-order valence-electron chi connectivity index (χ4n) is 3.92. The molecular weight excluding hydrogens is 539 g/mol. The van der Waals surface area contributed by atoms with E-state index in [2.05, 4.69) is 54.5 Å². The van der Waals surface area contributed by atoms with Gasteiger partial charge in [0, 0.05) is 49.7 Å². The van der Waals surface area contributed by atoms with Gasteiger partial charge in [0.05, 0.1) is 11.0 Å². The minimum Gasteiger partial charge on any atom is -0.370 e. The number of hydrogen-bond donors (Lipinski definition) is 0. The highest BCUT2D eigenvalue weighted by molar-refractivity contribution is 14.1. The first-order valence-corrected chi connectivity index (χ1v) is 12.2. The average molecular weight is 556 g/mol. The van der Waals surface area contributed by atoms with E-state index in [0.717, 1.165) is 56.9 Å². The van der Waals surface area contributed by atoms with E-state index in [9.17, 15) is 8.42 Å². The highest BCUT2D eigenvalue weighted by Crippen LogP contribution is 2.41. The summed E-state index contributed by atoms with van der Waals surface area (Å²) in [6.07, 6.45) is 4.47. The summed E-state index contributed by atoms with van der Waals surface area (Å²) in [7, 11) is -2.92. The molecule has 0 bridgehead atoms. The van der Waals surface area contributed by atoms with Gasteiger partial charge >= 0.3 is 0 Å². The van der Waals surface area contributed by atoms with E-state index in [4.69, 9.17) is 11.6 Å². The van der Waals surface area contributed by atoms with Crippen molar-refractivity contribution in [2.45, 2.75) is 24.5 Å². The van der Waals surface area contributed by atoms with E-state index < -0.39 is 9.84 Å². The van der Waals surface area contributed by atoms with Gasteiger partial charge < -0.3 is 4.90 Å². The fraction of sp³-hybridized carbons (Fsp3) is 0.471. The van der Waals surface area contributed by atoms with E-state index >= 15 is 0 Å². The van der Waals surface area contributed by atoms with Crippen molar-refractivity contribution in [1.29, 1.82) is 0 Å². The maximum absolute atomic E-state index is 12.4. The monoisotopic (exact) mass is 554 g/mol. The second-order valence-electron chi connectivity index (χ2n) is 6.81. The van der Waals surface area contributed by atoms with Crippen LogP contribution in [0.2, 0.25) is 5.15 Å². The van der Waals surface area contributed by atoms with E-state index in [1.54, 1.807) is 0 Å². The minimum atomic E-state index is -2.92. The second kappa shape index (κ2) is 6.80. The number of fused-ring (bicyclic) bond motifs is 1. The molecule has 0 aliphatic carbocycles. The van der Waals surface area contributed by atoms with E-state index in [1.165, 1.54) is 0 Å². The summed E-state index contributed by atoms with van der Waals surface area (Å²) >= 11 is 12.0. The van der Waals surface area contributed by atoms with Crippen molar-refractivity contribution in [2.24, 2.45) is 5.92 Å². The van der Waals surface area contributed by atoms with Gasteiger partial charge in [-0.25, -0.2) is 13.4 Å². The summed E-state index contributed by atoms with van der Waals surface area (Å²) in [6, 6.07) is 3.99. The molecule has 1 aromatic heterocycles. The topological polar surface area (TPSA) is 50.3 Å². The maximum Gasteiger partial charge on any atom is 0.153 e. The molecule has 2 fully saturated rings. The molecule has 0 saturated carbocycles. The van der Waals surface area contributed by atoms with E-state index in [-0.39, 0.29) is 11.2 Å². The van der Waals surface area contributed by atoms with E-state index in [1.807, 2.05) is 12.3 Å². The summed E-state index contributed by atoms with van der Waals surface area (Å²) in [6.45, 7) is 1.57. The maximum atomic E-state index is 12.4. The highest BCUT2D eigenvalue weighted by atomic mass is 127. The second-order valence-corrected chi connectivity index (χ2v) is 11.5. The Labute approximate surface area is 174 Å². The van der Waals surface area contributed by atoms with Crippen LogP contribution in [0.25, 0.3) is 10.8 Å². The third kappa shape index (κ3) is 3.30. The first-order chi connectivity index (χ1) is 11.9. The normalized spacial score (nSPS) is 23.6. The van der Waals surface area contributed by atoms with Gasteiger partial charge in [0.2, 0.25) is 0 Å². The van der Waals surface area contributed by atoms with Gasteiger partial charge in [0.1, 0.15) is 5.15 Å². The van der Waals surface area contributed by atoms with Crippen molar-refractivity contribution in [3.8, 4) is 0 Å². The summed E-state index contributed by atoms with van der Waals surface area (Å²) < 4.78 is 26.8. The lowest BCUT2D eigenvalue weighted by Gasteiger charge is -2.46. The number of pyridine rings is 1. The van der Waals surface area contributed by atoms with Gasteiger partial charge in [0.15, 0.2) is 9.84 Å². The van der Waals surface area contributed by atoms with E-state index in [0.29, 0.717) is 10.9 Å². The van der Waals surface area contributed by atoms with Crippen molar-refractivity contribution in [3.05, 3.63) is 31.5 Å². The molecule has 1 unspecified atom stereocenters. The van der Waals surface area contributed by atoms with Crippen LogP contribution in [0.3, 0.4) is 0 Å². The van der Waals surface area contributed by atoms with Crippen LogP contribution >= 0.6 is 50.1 Å². The van der Waals surface area contributed by atoms with Crippen molar-refractivity contribution >= 4 is 76.4 Å². The van der Waals surface area contributed by atoms with Gasteiger partial charge in [-0.2, -0.15) is 0 Å². The molecule has 0 spiro atoms. The van der Waals surface area contributed by atoms with Crippen molar-refractivity contribution in [2.75, 3.05) is 23.7 Å². The Kier molecular flexibility index (Phi) is 4.96. The smallest absolute Gasteiger partial charge is 0.153 e. The molecule has 0 radical (unpaired) electrons. The molecule has 2 saturated heterocycles. The lowest BCUT2D eigenvalue weighted by Crippen LogP contribution is -2.55. The summed E-state index contributed by atoms with van der Waals surface area (Å²) in [5, 5.41) is 2.44. The van der Waals surface area contributed by atoms with Crippen LogP contribution in [0.1, 0.15) is 19.3 Å². The van der Waals surface area contributed by atoms with Gasteiger partial charge in [-0.3, -0.25) is 0 Å². The molecule has 0 amide bonds. The lowest BCUT2D eigenvalue weighted by atomic mass is 9.91. The molecular formula is C17H17BrClIN2O2S. The quantitative estimate of drug-likeness (QED) is 0.400. The number of benzene rings is 1. The highest BCUT2D eigenvalue weighted by Gasteiger charge is 2.42. The number of halogens is 3. The molecule has 8 heteroatoms. The molecule has 2 aliphatic rings. The van der Waals surface area contributed by atoms with Crippen LogP contribution in [0, 0.1) is 9.49 Å². The Hall–Kier alpha value is -0.120. The Morgan fingerprint density at radius 2 is 2.00 bits per heavy atom. The van der Waals surface area contributed by atoms with Gasteiger partial charge in [-0.05, 0) is 63.5 Å². The predicted molar refractivity (Wildman–Crippen MR) is 114 cm³/mol. The Morgan fingerprint density at radius 1 is 1.24 bits per heavy atom. The molecule has 1 aromatic carbocycles. The molecule has 25 heavy (non-hydrogen) atoms. The van der Waals surface area contributed by atoms with Crippen LogP contribution in [-0.2, 0) is 9.84 Å². The Bertz CT molecular complexity index is 947. The fourth-order valence-corrected chi connectivity index (χ4v) is 7.30. The van der Waals surface area contributed by atoms with Crippen LogP contribution in [0.5, 0.6) is 0 Å². The first kappa shape index (κ1) is 18.3. The molecule has 2 aromatic rings. The third-order valence-corrected chi connectivity index (χ3v) is 10.4. The Balaban J connectivity index is 1.63. The predicted octanol–water partition coefficient (Wildman–Crippen LogP) is 4.66. The first-order valence-electron chi connectivity index (χ1n) is 8.26. The zero-order valence-electron chi connectivity index (χ0n) is 13.4. The number of nitrogens with zero attached hydrogens (tertiary/aromatic N) is 2. The summed E-state index contributed by atoms with van der Waals surface area (Å²) in [5.74, 6) is 0.591. The van der Waals surface area contributed by atoms with Crippen molar-refractivity contribution in [3.63, 3.8) is 0 Å². The molecule has 4 rings (SSSR count). The zero-order chi connectivity index (χ0) is 17.8. The number of sulfone groups is 1. The number of anilines is 1. The summed E-state index contributed by atoms with van der Waals surface area (Å²) in [4.78, 5) is 6.49. The SMILES string of the molecule is O=S1(=O)CCCCC1C1CN(c2cc(Br)c(I)c3cc(Cl)ncc23)C1. The van der Waals surface area contributed by atoms with Crippen LogP contribution < -0.4 is 4.90 Å². The zero-order valence-corrected chi connectivity index (χ0v) is 18.7. The van der Waals surface area contributed by atoms with Crippen molar-refractivity contribution in [1.82, 2.24) is 4.98 Å². The van der Waals surface area contributed by atoms with Gasteiger partial charge in [0.25, 0.3) is 0 Å². The standard InChI is InChI=1S/C17H17BrClIN2O2S/c18-13-6-14(12-7-21-16(19)5-11(12)17(13)20)22-8-10(9-22)15-3-1-2-4-25(15,23)24/h5-7,10,15H,1-4,8-9H2. The lowest BCUT2D eigenvalue weighted by molar-refractivity contribution is 0.360. The number of rotatable bonds is 2. The number of hydrogen-bond acceptors (Lipinski definition) is 4. The number of aromatic nitrogens is 1. The molecule has 4 nitrogen and oxygen atoms in total. The molecule has 3 heterocycles. The van der Waals surface area contributed by atoms with Crippen LogP contribution in [0.4, 0.5) is 5.69 Å². The Morgan fingerprint density at radius 3 is 2.72 bits per heavy atom. The van der Waals surface area contributed by atoms with Gasteiger partial charge in [-0.15, -0.1) is 0 Å². The van der Waals surface area contributed by atoms with Crippen LogP contribution in [0.15, 0.2) is 22.8 Å². The minimum absolute atomic E-state index is 0.163. The molecule has 0 N–H and O–H groups in total. The molecule has 2 aliphatic heterocycles. The molecule has 1 atom stereocenters. The van der Waals surface area contributed by atoms with Crippen LogP contribution in [-0.4, -0.2) is 37.5 Å². The summed E-state index contributed by atoms with van der Waals surface area (Å²) in [5.41, 5.74) is 1.09. The average Bonchev–Trinajstić information content (AvgIpc) is 2.52. The largest absolute Gasteiger partial charge is 0.370 e.